The van der Waals surface area contributed by atoms with E-state index in [9.17, 15) is 9.59 Å². The molecule has 0 unspecified atom stereocenters. The summed E-state index contributed by atoms with van der Waals surface area (Å²) >= 11 is 6.54. The predicted octanol–water partition coefficient (Wildman–Crippen LogP) is 4.66. The minimum Gasteiger partial charge on any atom is -0.367 e. The van der Waals surface area contributed by atoms with E-state index in [2.05, 4.69) is 34.5 Å². The van der Waals surface area contributed by atoms with E-state index in [1.54, 1.807) is 11.0 Å². The van der Waals surface area contributed by atoms with E-state index in [-0.39, 0.29) is 24.2 Å². The lowest BCUT2D eigenvalue weighted by Gasteiger charge is -2.33. The highest BCUT2D eigenvalue weighted by atomic mass is 35.5. The summed E-state index contributed by atoms with van der Waals surface area (Å²) in [7, 11) is 0. The smallest absolute Gasteiger partial charge is 0.247 e. The van der Waals surface area contributed by atoms with Crippen LogP contribution >= 0.6 is 24.0 Å². The fraction of sp³-hybridized carbons (Fsp3) is 0.391. The first kappa shape index (κ1) is 22.4. The van der Waals surface area contributed by atoms with Gasteiger partial charge in [0.15, 0.2) is 0 Å². The van der Waals surface area contributed by atoms with E-state index in [0.717, 1.165) is 37.9 Å². The third-order valence-corrected chi connectivity index (χ3v) is 6.23. The van der Waals surface area contributed by atoms with Gasteiger partial charge in [-0.2, -0.15) is 0 Å². The van der Waals surface area contributed by atoms with Crippen molar-refractivity contribution in [2.75, 3.05) is 23.3 Å². The van der Waals surface area contributed by atoms with Crippen molar-refractivity contribution in [1.82, 2.24) is 4.90 Å². The largest absolute Gasteiger partial charge is 0.367 e. The zero-order valence-corrected chi connectivity index (χ0v) is 18.6. The molecule has 1 N–H and O–H groups in total. The second-order valence-corrected chi connectivity index (χ2v) is 8.23. The van der Waals surface area contributed by atoms with Gasteiger partial charge in [0.05, 0.1) is 0 Å². The quantitative estimate of drug-likeness (QED) is 0.740. The minimum atomic E-state index is -0.402. The summed E-state index contributed by atoms with van der Waals surface area (Å²) in [5.41, 5.74) is 4.33. The van der Waals surface area contributed by atoms with Crippen LogP contribution in [0.5, 0.6) is 0 Å². The number of amides is 2. The van der Waals surface area contributed by atoms with Gasteiger partial charge in [0.1, 0.15) is 6.04 Å². The van der Waals surface area contributed by atoms with Gasteiger partial charge in [-0.25, -0.2) is 0 Å². The molecule has 2 aromatic rings. The molecule has 160 valence electrons. The number of benzene rings is 2. The van der Waals surface area contributed by atoms with Crippen LogP contribution in [0.15, 0.2) is 42.5 Å². The van der Waals surface area contributed by atoms with Crippen molar-refractivity contribution < 1.29 is 9.59 Å². The van der Waals surface area contributed by atoms with Gasteiger partial charge in [0.2, 0.25) is 11.8 Å². The third-order valence-electron chi connectivity index (χ3n) is 5.88. The van der Waals surface area contributed by atoms with E-state index in [1.165, 1.54) is 18.2 Å². The Hall–Kier alpha value is -2.24. The first-order valence-corrected chi connectivity index (χ1v) is 10.6. The number of carbonyl (C=O) groups is 2. The Morgan fingerprint density at radius 1 is 1.13 bits per heavy atom. The highest BCUT2D eigenvalue weighted by molar-refractivity contribution is 6.31. The number of nitrogens with one attached hydrogen (secondary N) is 1. The number of hydrogen-bond acceptors (Lipinski definition) is 3. The van der Waals surface area contributed by atoms with Gasteiger partial charge in [-0.15, -0.1) is 12.4 Å². The van der Waals surface area contributed by atoms with Crippen LogP contribution in [0.3, 0.4) is 0 Å². The molecule has 0 bridgehead atoms. The van der Waals surface area contributed by atoms with Gasteiger partial charge in [0.25, 0.3) is 0 Å². The molecule has 2 aliphatic rings. The molecule has 1 atom stereocenters. The van der Waals surface area contributed by atoms with Crippen LogP contribution < -0.4 is 10.2 Å². The molecule has 1 saturated heterocycles. The van der Waals surface area contributed by atoms with Crippen LogP contribution in [0, 0.1) is 0 Å². The molecule has 2 amide bonds. The summed E-state index contributed by atoms with van der Waals surface area (Å²) in [5, 5.41) is 3.58. The molecule has 2 heterocycles. The maximum atomic E-state index is 12.7. The molecule has 0 saturated carbocycles. The molecule has 0 spiro atoms. The lowest BCUT2D eigenvalue weighted by molar-refractivity contribution is -0.138. The van der Waals surface area contributed by atoms with E-state index >= 15 is 0 Å². The van der Waals surface area contributed by atoms with Crippen molar-refractivity contribution in [3.63, 3.8) is 0 Å². The lowest BCUT2D eigenvalue weighted by atomic mass is 10.0. The number of likely N-dealkylation sites (tertiary alicyclic amines) is 1. The van der Waals surface area contributed by atoms with E-state index in [0.29, 0.717) is 23.7 Å². The van der Waals surface area contributed by atoms with Crippen molar-refractivity contribution >= 4 is 47.2 Å². The fourth-order valence-corrected chi connectivity index (χ4v) is 4.58. The number of nitrogens with zero attached hydrogens (tertiary/aromatic N) is 2. The molecule has 4 rings (SSSR count). The molecular weight excluding hydrogens is 421 g/mol. The first-order chi connectivity index (χ1) is 14.0. The number of anilines is 2. The van der Waals surface area contributed by atoms with Crippen molar-refractivity contribution in [2.24, 2.45) is 0 Å². The van der Waals surface area contributed by atoms with Crippen LogP contribution in [0.4, 0.5) is 11.4 Å². The summed E-state index contributed by atoms with van der Waals surface area (Å²) in [5.74, 6) is -0.193. The van der Waals surface area contributed by atoms with E-state index < -0.39 is 6.04 Å². The topological polar surface area (TPSA) is 52.7 Å². The molecule has 0 radical (unpaired) electrons. The number of rotatable bonds is 4. The van der Waals surface area contributed by atoms with Crippen molar-refractivity contribution in [2.45, 2.75) is 45.2 Å². The lowest BCUT2D eigenvalue weighted by Crippen LogP contribution is -2.49. The van der Waals surface area contributed by atoms with Gasteiger partial charge < -0.3 is 15.1 Å². The summed E-state index contributed by atoms with van der Waals surface area (Å²) in [6, 6.07) is 13.7. The summed E-state index contributed by atoms with van der Waals surface area (Å²) < 4.78 is 0. The second-order valence-electron chi connectivity index (χ2n) is 7.82. The Morgan fingerprint density at radius 2 is 1.93 bits per heavy atom. The Labute approximate surface area is 188 Å². The SMILES string of the molecule is CC(=O)N1CCCC[C@@H]1C(=O)Nc1ccc(CN2CCc3ccccc32)c(Cl)c1.Cl. The van der Waals surface area contributed by atoms with Crippen LogP contribution in [0.1, 0.15) is 37.3 Å². The molecule has 2 aromatic carbocycles. The van der Waals surface area contributed by atoms with E-state index in [1.807, 2.05) is 12.1 Å². The number of fused-ring (bicyclic) bond motifs is 1. The molecule has 0 aromatic heterocycles. The Morgan fingerprint density at radius 3 is 2.70 bits per heavy atom. The maximum Gasteiger partial charge on any atom is 0.247 e. The normalized spacial score (nSPS) is 17.9. The average Bonchev–Trinajstić information content (AvgIpc) is 3.13. The molecule has 2 aliphatic heterocycles. The van der Waals surface area contributed by atoms with Gasteiger partial charge in [0, 0.05) is 43.0 Å². The van der Waals surface area contributed by atoms with Crippen LogP contribution in [0.25, 0.3) is 0 Å². The Kier molecular flexibility index (Phi) is 7.27. The molecular formula is C23H27Cl2N3O2. The third kappa shape index (κ3) is 4.73. The zero-order valence-electron chi connectivity index (χ0n) is 17.1. The molecule has 7 heteroatoms. The number of hydrogen-bond donors (Lipinski definition) is 1. The molecule has 5 nitrogen and oxygen atoms in total. The summed E-state index contributed by atoms with van der Waals surface area (Å²) in [4.78, 5) is 28.6. The highest BCUT2D eigenvalue weighted by Gasteiger charge is 2.30. The molecule has 30 heavy (non-hydrogen) atoms. The van der Waals surface area contributed by atoms with Crippen molar-refractivity contribution in [1.29, 1.82) is 0 Å². The zero-order chi connectivity index (χ0) is 20.4. The standard InChI is InChI=1S/C23H26ClN3O2.ClH/c1-16(28)27-12-5-4-8-22(27)23(29)25-19-10-9-18(20(24)14-19)15-26-13-11-17-6-2-3-7-21(17)26;/h2-3,6-7,9-10,14,22H,4-5,8,11-13,15H2,1H3,(H,25,29);1H/t22-;/m1./s1. The molecule has 1 fully saturated rings. The monoisotopic (exact) mass is 447 g/mol. The van der Waals surface area contributed by atoms with Gasteiger partial charge in [-0.05, 0) is 55.0 Å². The fourth-order valence-electron chi connectivity index (χ4n) is 4.34. The summed E-state index contributed by atoms with van der Waals surface area (Å²) in [6.07, 6.45) is 3.66. The Bertz CT molecular complexity index is 934. The van der Waals surface area contributed by atoms with Crippen LogP contribution in [-0.4, -0.2) is 35.8 Å². The van der Waals surface area contributed by atoms with Gasteiger partial charge >= 0.3 is 0 Å². The van der Waals surface area contributed by atoms with Crippen LogP contribution in [-0.2, 0) is 22.6 Å². The first-order valence-electron chi connectivity index (χ1n) is 10.2. The van der Waals surface area contributed by atoms with Gasteiger partial charge in [-0.3, -0.25) is 9.59 Å². The number of piperidine rings is 1. The van der Waals surface area contributed by atoms with Crippen LogP contribution in [0.2, 0.25) is 5.02 Å². The van der Waals surface area contributed by atoms with Crippen molar-refractivity contribution in [3.8, 4) is 0 Å². The van der Waals surface area contributed by atoms with Crippen molar-refractivity contribution in [3.05, 3.63) is 58.6 Å². The number of halogens is 2. The Balaban J connectivity index is 0.00000256. The van der Waals surface area contributed by atoms with E-state index in [4.69, 9.17) is 11.6 Å². The highest BCUT2D eigenvalue weighted by Crippen LogP contribution is 2.31. The molecule has 0 aliphatic carbocycles. The predicted molar refractivity (Wildman–Crippen MR) is 124 cm³/mol. The number of carbonyl (C=O) groups excluding carboxylic acids is 2. The van der Waals surface area contributed by atoms with Gasteiger partial charge in [-0.1, -0.05) is 35.9 Å². The minimum absolute atomic E-state index is 0. The average molecular weight is 448 g/mol. The number of para-hydroxylation sites is 1. The second kappa shape index (κ2) is 9.71. The summed E-state index contributed by atoms with van der Waals surface area (Å²) in [6.45, 7) is 3.89. The maximum absolute atomic E-state index is 12.7.